The van der Waals surface area contributed by atoms with E-state index in [0.717, 1.165) is 24.6 Å². The zero-order valence-electron chi connectivity index (χ0n) is 13.2. The molecule has 22 heavy (non-hydrogen) atoms. The standard InChI is InChI=1S/C20H23NO/c1-22-20-9-5-8-16-12-17-10-11-21(19(17)13-18(16)20)14-15-6-3-2-4-7-15/h2-9,17,19H,10-14H2,1H3/t17-,19-/m0/s1. The maximum absolute atomic E-state index is 5.60. The Hall–Kier alpha value is -1.80. The van der Waals surface area contributed by atoms with Gasteiger partial charge in [0.2, 0.25) is 0 Å². The summed E-state index contributed by atoms with van der Waals surface area (Å²) < 4.78 is 5.60. The number of benzene rings is 2. The highest BCUT2D eigenvalue weighted by molar-refractivity contribution is 5.43. The molecular weight excluding hydrogens is 270 g/mol. The lowest BCUT2D eigenvalue weighted by molar-refractivity contribution is 0.206. The third-order valence-corrected chi connectivity index (χ3v) is 5.37. The summed E-state index contributed by atoms with van der Waals surface area (Å²) in [5, 5.41) is 0. The van der Waals surface area contributed by atoms with E-state index < -0.39 is 0 Å². The van der Waals surface area contributed by atoms with Gasteiger partial charge in [0.25, 0.3) is 0 Å². The van der Waals surface area contributed by atoms with E-state index in [4.69, 9.17) is 4.74 Å². The molecule has 114 valence electrons. The lowest BCUT2D eigenvalue weighted by Gasteiger charge is -2.34. The number of fused-ring (bicyclic) bond motifs is 2. The topological polar surface area (TPSA) is 12.5 Å². The van der Waals surface area contributed by atoms with Gasteiger partial charge in [0.1, 0.15) is 5.75 Å². The molecule has 0 radical (unpaired) electrons. The molecule has 0 amide bonds. The van der Waals surface area contributed by atoms with Crippen LogP contribution in [0.15, 0.2) is 48.5 Å². The molecule has 2 aromatic carbocycles. The van der Waals surface area contributed by atoms with Gasteiger partial charge < -0.3 is 4.74 Å². The molecule has 1 saturated heterocycles. The van der Waals surface area contributed by atoms with Crippen molar-refractivity contribution in [3.63, 3.8) is 0 Å². The van der Waals surface area contributed by atoms with Crippen molar-refractivity contribution in [2.24, 2.45) is 5.92 Å². The highest BCUT2D eigenvalue weighted by Gasteiger charge is 2.38. The van der Waals surface area contributed by atoms with Crippen LogP contribution in [-0.4, -0.2) is 24.6 Å². The van der Waals surface area contributed by atoms with E-state index in [1.807, 2.05) is 0 Å². The molecule has 2 aliphatic rings. The summed E-state index contributed by atoms with van der Waals surface area (Å²) in [5.41, 5.74) is 4.36. The first-order valence-electron chi connectivity index (χ1n) is 8.28. The van der Waals surface area contributed by atoms with Crippen molar-refractivity contribution in [2.45, 2.75) is 31.8 Å². The Balaban J connectivity index is 1.58. The second-order valence-electron chi connectivity index (χ2n) is 6.58. The minimum Gasteiger partial charge on any atom is -0.496 e. The monoisotopic (exact) mass is 293 g/mol. The van der Waals surface area contributed by atoms with Crippen molar-refractivity contribution in [2.75, 3.05) is 13.7 Å². The van der Waals surface area contributed by atoms with Crippen molar-refractivity contribution in [1.82, 2.24) is 4.90 Å². The minimum absolute atomic E-state index is 0.670. The predicted octanol–water partition coefficient (Wildman–Crippen LogP) is 3.68. The van der Waals surface area contributed by atoms with Gasteiger partial charge in [-0.15, -0.1) is 0 Å². The molecular formula is C20H23NO. The minimum atomic E-state index is 0.670. The number of ether oxygens (including phenoxy) is 1. The number of hydrogen-bond donors (Lipinski definition) is 0. The Bertz CT molecular complexity index is 652. The zero-order chi connectivity index (χ0) is 14.9. The summed E-state index contributed by atoms with van der Waals surface area (Å²) in [6, 6.07) is 18.1. The average molecular weight is 293 g/mol. The SMILES string of the molecule is COc1cccc2c1C[C@H]1[C@@H](CCN1Cc1ccccc1)C2. The molecule has 1 fully saturated rings. The molecule has 0 spiro atoms. The van der Waals surface area contributed by atoms with E-state index in [1.165, 1.54) is 36.1 Å². The quantitative estimate of drug-likeness (QED) is 0.856. The molecule has 0 saturated carbocycles. The molecule has 1 aliphatic carbocycles. The number of nitrogens with zero attached hydrogens (tertiary/aromatic N) is 1. The third kappa shape index (κ3) is 2.42. The van der Waals surface area contributed by atoms with Crippen LogP contribution >= 0.6 is 0 Å². The summed E-state index contributed by atoms with van der Waals surface area (Å²) >= 11 is 0. The summed E-state index contributed by atoms with van der Waals surface area (Å²) in [4.78, 5) is 2.68. The van der Waals surface area contributed by atoms with Gasteiger partial charge >= 0.3 is 0 Å². The van der Waals surface area contributed by atoms with Gasteiger partial charge in [0.05, 0.1) is 7.11 Å². The van der Waals surface area contributed by atoms with Crippen molar-refractivity contribution >= 4 is 0 Å². The Labute approximate surface area is 132 Å². The molecule has 1 aliphatic heterocycles. The Morgan fingerprint density at radius 2 is 1.91 bits per heavy atom. The summed E-state index contributed by atoms with van der Waals surface area (Å²) in [7, 11) is 1.79. The van der Waals surface area contributed by atoms with Crippen LogP contribution in [0.25, 0.3) is 0 Å². The van der Waals surface area contributed by atoms with Crippen LogP contribution < -0.4 is 4.74 Å². The number of methoxy groups -OCH3 is 1. The predicted molar refractivity (Wildman–Crippen MR) is 89.1 cm³/mol. The maximum Gasteiger partial charge on any atom is 0.122 e. The molecule has 0 bridgehead atoms. The molecule has 2 aromatic rings. The molecule has 1 heterocycles. The van der Waals surface area contributed by atoms with E-state index in [9.17, 15) is 0 Å². The molecule has 2 atom stereocenters. The second-order valence-corrected chi connectivity index (χ2v) is 6.58. The molecule has 2 heteroatoms. The summed E-state index contributed by atoms with van der Waals surface area (Å²) in [6.07, 6.45) is 3.67. The molecule has 0 aromatic heterocycles. The van der Waals surface area contributed by atoms with Gasteiger partial charge in [-0.25, -0.2) is 0 Å². The van der Waals surface area contributed by atoms with E-state index in [-0.39, 0.29) is 0 Å². The van der Waals surface area contributed by atoms with Crippen LogP contribution in [0, 0.1) is 5.92 Å². The molecule has 0 unspecified atom stereocenters. The normalized spacial score (nSPS) is 23.9. The zero-order valence-corrected chi connectivity index (χ0v) is 13.2. The van der Waals surface area contributed by atoms with Gasteiger partial charge in [-0.05, 0) is 54.5 Å². The fourth-order valence-corrected chi connectivity index (χ4v) is 4.25. The van der Waals surface area contributed by atoms with Crippen LogP contribution in [-0.2, 0) is 19.4 Å². The molecule has 2 nitrogen and oxygen atoms in total. The first-order chi connectivity index (χ1) is 10.8. The molecule has 0 N–H and O–H groups in total. The largest absolute Gasteiger partial charge is 0.496 e. The van der Waals surface area contributed by atoms with E-state index in [1.54, 1.807) is 7.11 Å². The van der Waals surface area contributed by atoms with Crippen LogP contribution in [0.2, 0.25) is 0 Å². The van der Waals surface area contributed by atoms with Crippen LogP contribution in [0.1, 0.15) is 23.1 Å². The molecule has 4 rings (SSSR count). The van der Waals surface area contributed by atoms with Crippen molar-refractivity contribution in [3.8, 4) is 5.75 Å². The maximum atomic E-state index is 5.60. The van der Waals surface area contributed by atoms with Gasteiger partial charge in [-0.2, -0.15) is 0 Å². The lowest BCUT2D eigenvalue weighted by Crippen LogP contribution is -2.37. The Morgan fingerprint density at radius 3 is 2.73 bits per heavy atom. The summed E-state index contributed by atoms with van der Waals surface area (Å²) in [5.74, 6) is 1.88. The van der Waals surface area contributed by atoms with Crippen LogP contribution in [0.5, 0.6) is 5.75 Å². The second kappa shape index (κ2) is 5.77. The number of rotatable bonds is 3. The van der Waals surface area contributed by atoms with Gasteiger partial charge in [-0.1, -0.05) is 42.5 Å². The van der Waals surface area contributed by atoms with Gasteiger partial charge in [0, 0.05) is 12.6 Å². The Morgan fingerprint density at radius 1 is 1.05 bits per heavy atom. The highest BCUT2D eigenvalue weighted by Crippen LogP contribution is 2.39. The first kappa shape index (κ1) is 13.8. The fraction of sp³-hybridized carbons (Fsp3) is 0.400. The first-order valence-corrected chi connectivity index (χ1v) is 8.28. The van der Waals surface area contributed by atoms with E-state index >= 15 is 0 Å². The Kier molecular flexibility index (Phi) is 3.63. The fourth-order valence-electron chi connectivity index (χ4n) is 4.25. The van der Waals surface area contributed by atoms with Crippen LogP contribution in [0.3, 0.4) is 0 Å². The smallest absolute Gasteiger partial charge is 0.122 e. The van der Waals surface area contributed by atoms with Crippen LogP contribution in [0.4, 0.5) is 0 Å². The van der Waals surface area contributed by atoms with E-state index in [0.29, 0.717) is 6.04 Å². The van der Waals surface area contributed by atoms with E-state index in [2.05, 4.69) is 53.4 Å². The summed E-state index contributed by atoms with van der Waals surface area (Å²) in [6.45, 7) is 2.30. The number of likely N-dealkylation sites (tertiary alicyclic amines) is 1. The average Bonchev–Trinajstić information content (AvgIpc) is 2.95. The lowest BCUT2D eigenvalue weighted by atomic mass is 9.80. The van der Waals surface area contributed by atoms with Gasteiger partial charge in [-0.3, -0.25) is 4.90 Å². The van der Waals surface area contributed by atoms with Crippen molar-refractivity contribution < 1.29 is 4.74 Å². The highest BCUT2D eigenvalue weighted by atomic mass is 16.5. The third-order valence-electron chi connectivity index (χ3n) is 5.37. The van der Waals surface area contributed by atoms with Crippen molar-refractivity contribution in [1.29, 1.82) is 0 Å². The van der Waals surface area contributed by atoms with Crippen molar-refractivity contribution in [3.05, 3.63) is 65.2 Å². The van der Waals surface area contributed by atoms with Gasteiger partial charge in [0.15, 0.2) is 0 Å². The number of hydrogen-bond acceptors (Lipinski definition) is 2.